The Morgan fingerprint density at radius 3 is 2.17 bits per heavy atom. The number of esters is 1. The van der Waals surface area contributed by atoms with Crippen LogP contribution >= 0.6 is 0 Å². The van der Waals surface area contributed by atoms with Gasteiger partial charge in [0.15, 0.2) is 5.78 Å². The number of para-hydroxylation sites is 1. The number of benzene rings is 3. The summed E-state index contributed by atoms with van der Waals surface area (Å²) in [6.07, 6.45) is 1.32. The van der Waals surface area contributed by atoms with E-state index < -0.39 is 5.97 Å². The van der Waals surface area contributed by atoms with Crippen molar-refractivity contribution < 1.29 is 28.3 Å². The van der Waals surface area contributed by atoms with Crippen molar-refractivity contribution in [1.82, 2.24) is 4.90 Å². The van der Waals surface area contributed by atoms with Crippen LogP contribution in [0.4, 0.5) is 15.8 Å². The quantitative estimate of drug-likeness (QED) is 0.306. The molecule has 0 aliphatic carbocycles. The van der Waals surface area contributed by atoms with Gasteiger partial charge in [-0.05, 0) is 86.6 Å². The van der Waals surface area contributed by atoms with Crippen LogP contribution in [-0.4, -0.2) is 61.8 Å². The summed E-state index contributed by atoms with van der Waals surface area (Å²) in [4.78, 5) is 54.2. The molecule has 0 unspecified atom stereocenters. The first kappa shape index (κ1) is 28.6. The molecule has 1 heterocycles. The number of methoxy groups -OCH3 is 1. The summed E-state index contributed by atoms with van der Waals surface area (Å²) in [6.45, 7) is 3.58. The number of hydrogen-bond acceptors (Lipinski definition) is 6. The molecule has 3 aromatic rings. The Morgan fingerprint density at radius 2 is 1.55 bits per heavy atom. The first-order valence-corrected chi connectivity index (χ1v) is 13.2. The molecule has 0 saturated carbocycles. The molecule has 0 bridgehead atoms. The maximum absolute atomic E-state index is 13.7. The van der Waals surface area contributed by atoms with Gasteiger partial charge in [0.05, 0.1) is 18.4 Å². The van der Waals surface area contributed by atoms with Crippen LogP contribution in [0.2, 0.25) is 0 Å². The SMILES string of the molecule is COC(=O)c1ccccc1N(CCN1CCC(C(=O)c2ccc(F)cc2)CC1)C(=O)c1ccc(NC(C)=O)cc1. The van der Waals surface area contributed by atoms with Crippen LogP contribution in [0.3, 0.4) is 0 Å². The average Bonchev–Trinajstić information content (AvgIpc) is 2.97. The molecule has 0 atom stereocenters. The molecule has 1 saturated heterocycles. The number of carbonyl (C=O) groups is 4. The van der Waals surface area contributed by atoms with Crippen LogP contribution in [0.1, 0.15) is 50.8 Å². The maximum atomic E-state index is 13.7. The third kappa shape index (κ3) is 6.98. The van der Waals surface area contributed by atoms with Crippen molar-refractivity contribution in [2.75, 3.05) is 43.5 Å². The molecule has 8 nitrogen and oxygen atoms in total. The lowest BCUT2D eigenvalue weighted by Crippen LogP contribution is -2.43. The number of piperidine rings is 1. The first-order valence-electron chi connectivity index (χ1n) is 13.2. The monoisotopic (exact) mass is 545 g/mol. The van der Waals surface area contributed by atoms with Crippen molar-refractivity contribution in [2.45, 2.75) is 19.8 Å². The number of ether oxygens (including phenoxy) is 1. The number of nitrogens with zero attached hydrogens (tertiary/aromatic N) is 2. The van der Waals surface area contributed by atoms with Gasteiger partial charge in [-0.15, -0.1) is 0 Å². The van der Waals surface area contributed by atoms with E-state index in [9.17, 15) is 23.6 Å². The molecular weight excluding hydrogens is 513 g/mol. The summed E-state index contributed by atoms with van der Waals surface area (Å²) >= 11 is 0. The van der Waals surface area contributed by atoms with Gasteiger partial charge in [0.25, 0.3) is 5.91 Å². The molecule has 208 valence electrons. The molecule has 1 fully saturated rings. The van der Waals surface area contributed by atoms with Crippen molar-refractivity contribution in [3.8, 4) is 0 Å². The molecule has 1 N–H and O–H groups in total. The van der Waals surface area contributed by atoms with Gasteiger partial charge in [-0.1, -0.05) is 12.1 Å². The third-order valence-electron chi connectivity index (χ3n) is 7.02. The van der Waals surface area contributed by atoms with E-state index in [2.05, 4.69) is 10.2 Å². The Bertz CT molecular complexity index is 1370. The minimum absolute atomic E-state index is 0.0196. The molecule has 3 aromatic carbocycles. The van der Waals surface area contributed by atoms with Crippen molar-refractivity contribution in [3.63, 3.8) is 0 Å². The Kier molecular flexibility index (Phi) is 9.39. The first-order chi connectivity index (χ1) is 19.3. The fraction of sp³-hybridized carbons (Fsp3) is 0.290. The third-order valence-corrected chi connectivity index (χ3v) is 7.02. The predicted octanol–water partition coefficient (Wildman–Crippen LogP) is 4.81. The molecule has 1 aliphatic heterocycles. The number of carbonyl (C=O) groups excluding carboxylic acids is 4. The van der Waals surface area contributed by atoms with E-state index in [1.807, 2.05) is 0 Å². The standard InChI is InChI=1S/C31H32FN3O5/c1-21(36)33-26-13-9-24(10-14-26)30(38)35(28-6-4-3-5-27(28)31(39)40-2)20-19-34-17-15-23(16-18-34)29(37)22-7-11-25(32)12-8-22/h3-14,23H,15-20H2,1-2H3,(H,33,36). The minimum Gasteiger partial charge on any atom is -0.465 e. The second kappa shape index (κ2) is 13.1. The fourth-order valence-electron chi connectivity index (χ4n) is 4.89. The van der Waals surface area contributed by atoms with Gasteiger partial charge in [-0.2, -0.15) is 0 Å². The van der Waals surface area contributed by atoms with Gasteiger partial charge >= 0.3 is 5.97 Å². The van der Waals surface area contributed by atoms with E-state index in [1.165, 1.54) is 38.3 Å². The van der Waals surface area contributed by atoms with Gasteiger partial charge in [-0.25, -0.2) is 9.18 Å². The molecule has 0 aromatic heterocycles. The molecular formula is C31H32FN3O5. The van der Waals surface area contributed by atoms with Crippen LogP contribution in [0.5, 0.6) is 0 Å². The number of nitrogens with one attached hydrogen (secondary N) is 1. The Hall–Kier alpha value is -4.37. The van der Waals surface area contributed by atoms with E-state index in [-0.39, 0.29) is 34.9 Å². The van der Waals surface area contributed by atoms with Gasteiger partial charge in [0.2, 0.25) is 5.91 Å². The van der Waals surface area contributed by atoms with Crippen LogP contribution < -0.4 is 10.2 Å². The van der Waals surface area contributed by atoms with E-state index >= 15 is 0 Å². The van der Waals surface area contributed by atoms with Crippen molar-refractivity contribution in [1.29, 1.82) is 0 Å². The Balaban J connectivity index is 1.48. The van der Waals surface area contributed by atoms with Crippen molar-refractivity contribution in [3.05, 3.63) is 95.3 Å². The number of likely N-dealkylation sites (tertiary alicyclic amines) is 1. The second-order valence-electron chi connectivity index (χ2n) is 9.71. The molecule has 0 radical (unpaired) electrons. The molecule has 2 amide bonds. The largest absolute Gasteiger partial charge is 0.465 e. The van der Waals surface area contributed by atoms with Crippen LogP contribution in [0.25, 0.3) is 0 Å². The summed E-state index contributed by atoms with van der Waals surface area (Å²) in [6, 6.07) is 19.0. The van der Waals surface area contributed by atoms with Crippen molar-refractivity contribution >= 4 is 34.9 Å². The summed E-state index contributed by atoms with van der Waals surface area (Å²) in [7, 11) is 1.30. The van der Waals surface area contributed by atoms with E-state index in [0.29, 0.717) is 61.5 Å². The zero-order chi connectivity index (χ0) is 28.6. The average molecular weight is 546 g/mol. The number of ketones is 1. The Labute approximate surface area is 232 Å². The fourth-order valence-corrected chi connectivity index (χ4v) is 4.89. The van der Waals surface area contributed by atoms with Crippen LogP contribution in [0, 0.1) is 11.7 Å². The van der Waals surface area contributed by atoms with Gasteiger partial charge < -0.3 is 19.9 Å². The highest BCUT2D eigenvalue weighted by atomic mass is 19.1. The lowest BCUT2D eigenvalue weighted by molar-refractivity contribution is -0.114. The summed E-state index contributed by atoms with van der Waals surface area (Å²) < 4.78 is 18.2. The number of amides is 2. The number of Topliss-reactive ketones (excluding diaryl/α,β-unsaturated/α-hetero) is 1. The van der Waals surface area contributed by atoms with Gasteiger partial charge in [-0.3, -0.25) is 14.4 Å². The lowest BCUT2D eigenvalue weighted by atomic mass is 9.89. The molecule has 9 heteroatoms. The molecule has 0 spiro atoms. The molecule has 40 heavy (non-hydrogen) atoms. The number of anilines is 2. The summed E-state index contributed by atoms with van der Waals surface area (Å²) in [5, 5.41) is 2.68. The number of halogens is 1. The lowest BCUT2D eigenvalue weighted by Gasteiger charge is -2.33. The smallest absolute Gasteiger partial charge is 0.339 e. The van der Waals surface area contributed by atoms with Gasteiger partial charge in [0.1, 0.15) is 5.82 Å². The summed E-state index contributed by atoms with van der Waals surface area (Å²) in [5.41, 5.74) is 2.20. The minimum atomic E-state index is -0.547. The van der Waals surface area contributed by atoms with Crippen molar-refractivity contribution in [2.24, 2.45) is 5.92 Å². The van der Waals surface area contributed by atoms with E-state index in [4.69, 9.17) is 4.74 Å². The van der Waals surface area contributed by atoms with Crippen LogP contribution in [-0.2, 0) is 9.53 Å². The molecule has 4 rings (SSSR count). The zero-order valence-corrected chi connectivity index (χ0v) is 22.6. The second-order valence-corrected chi connectivity index (χ2v) is 9.71. The highest BCUT2D eigenvalue weighted by Gasteiger charge is 2.28. The predicted molar refractivity (Wildman–Crippen MR) is 150 cm³/mol. The van der Waals surface area contributed by atoms with E-state index in [0.717, 1.165) is 0 Å². The highest BCUT2D eigenvalue weighted by Crippen LogP contribution is 2.26. The Morgan fingerprint density at radius 1 is 0.925 bits per heavy atom. The zero-order valence-electron chi connectivity index (χ0n) is 22.6. The summed E-state index contributed by atoms with van der Waals surface area (Å²) in [5.74, 6) is -1.55. The topological polar surface area (TPSA) is 96.0 Å². The van der Waals surface area contributed by atoms with E-state index in [1.54, 1.807) is 53.4 Å². The number of hydrogen-bond donors (Lipinski definition) is 1. The van der Waals surface area contributed by atoms with Gasteiger partial charge in [0, 0.05) is 42.7 Å². The maximum Gasteiger partial charge on any atom is 0.339 e. The normalized spacial score (nSPS) is 13.9. The van der Waals surface area contributed by atoms with Crippen LogP contribution in [0.15, 0.2) is 72.8 Å². The molecule has 1 aliphatic rings. The highest BCUT2D eigenvalue weighted by molar-refractivity contribution is 6.09. The number of rotatable bonds is 9.